The smallest absolute Gasteiger partial charge is 0.345 e. The number of likely N-dealkylation sites (N-methyl/N-ethyl adjacent to an activating group) is 1. The third-order valence-corrected chi connectivity index (χ3v) is 10.3. The molecule has 290 valence electrons. The number of rotatable bonds is 17. The number of aliphatic hydroxyl groups excluding tert-OH is 1. The zero-order valence-corrected chi connectivity index (χ0v) is 31.3. The van der Waals surface area contributed by atoms with Crippen molar-refractivity contribution in [3.8, 4) is 5.75 Å². The molecular weight excluding hydrogens is 682 g/mol. The van der Waals surface area contributed by atoms with Crippen LogP contribution in [0, 0.1) is 0 Å². The minimum absolute atomic E-state index is 0.0314. The van der Waals surface area contributed by atoms with Crippen molar-refractivity contribution in [2.75, 3.05) is 64.5 Å². The molecule has 2 heterocycles. The zero-order chi connectivity index (χ0) is 38.8. The van der Waals surface area contributed by atoms with Crippen LogP contribution in [0.4, 0.5) is 5.69 Å². The van der Waals surface area contributed by atoms with E-state index in [0.717, 1.165) is 45.1 Å². The number of ether oxygens (including phenoxy) is 2. The van der Waals surface area contributed by atoms with Crippen molar-refractivity contribution < 1.29 is 43.0 Å². The molecule has 0 radical (unpaired) electrons. The van der Waals surface area contributed by atoms with Crippen molar-refractivity contribution in [1.29, 1.82) is 0 Å². The Bertz CT molecular complexity index is 1560. The monoisotopic (exact) mass is 738 g/mol. The van der Waals surface area contributed by atoms with Gasteiger partial charge in [0.25, 0.3) is 11.8 Å². The molecule has 0 bridgehead atoms. The molecule has 1 unspecified atom stereocenters. The average molecular weight is 739 g/mol. The Morgan fingerprint density at radius 1 is 1.02 bits per heavy atom. The summed E-state index contributed by atoms with van der Waals surface area (Å²) in [7, 11) is 2.00. The largest absolute Gasteiger partial charge is 0.484 e. The highest BCUT2D eigenvalue weighted by atomic mass is 16.5. The van der Waals surface area contributed by atoms with Crippen molar-refractivity contribution in [3.63, 3.8) is 0 Å². The van der Waals surface area contributed by atoms with E-state index >= 15 is 0 Å². The molecule has 4 rings (SSSR count). The van der Waals surface area contributed by atoms with Gasteiger partial charge in [0.2, 0.25) is 11.8 Å². The predicted octanol–water partition coefficient (Wildman–Crippen LogP) is 0.0720. The van der Waals surface area contributed by atoms with Gasteiger partial charge in [-0.2, -0.15) is 0 Å². The number of nitrogens with zero attached hydrogens (tertiary/aromatic N) is 3. The maximum absolute atomic E-state index is 14.3. The number of primary amides is 2. The van der Waals surface area contributed by atoms with Crippen LogP contribution in [-0.2, 0) is 35.1 Å². The molecule has 2 saturated heterocycles. The van der Waals surface area contributed by atoms with E-state index in [4.69, 9.17) is 20.9 Å². The highest BCUT2D eigenvalue weighted by molar-refractivity contribution is 5.92. The summed E-state index contributed by atoms with van der Waals surface area (Å²) >= 11 is 0. The van der Waals surface area contributed by atoms with E-state index < -0.39 is 72.3 Å². The SMILES string of the molecule is CN(CCN1CCOCC1)c1ccc(OCC(=O)N[C@@H](CC(N)=O)C(=O)N[C@@H](Cc2ccccc2)[C@H](O)C(=O)[N+]2(C(C)(C)C)CCC[C@H]2C(N)=O)cc1. The second-order valence-electron chi connectivity index (χ2n) is 14.9. The van der Waals surface area contributed by atoms with E-state index in [1.54, 1.807) is 42.5 Å². The molecule has 2 fully saturated rings. The Morgan fingerprint density at radius 3 is 2.28 bits per heavy atom. The number of likely N-dealkylation sites (tertiary alicyclic amines) is 1. The van der Waals surface area contributed by atoms with Crippen LogP contribution in [0.5, 0.6) is 5.75 Å². The number of carbonyl (C=O) groups excluding carboxylic acids is 5. The van der Waals surface area contributed by atoms with Crippen molar-refractivity contribution >= 4 is 35.2 Å². The molecule has 53 heavy (non-hydrogen) atoms. The molecule has 2 aromatic carbocycles. The van der Waals surface area contributed by atoms with Crippen LogP contribution in [-0.4, -0.2) is 133 Å². The molecule has 2 aliphatic heterocycles. The molecule has 0 saturated carbocycles. The van der Waals surface area contributed by atoms with Gasteiger partial charge in [0.05, 0.1) is 37.8 Å². The van der Waals surface area contributed by atoms with Gasteiger partial charge in [-0.3, -0.25) is 24.1 Å². The highest BCUT2D eigenvalue weighted by Crippen LogP contribution is 2.38. The van der Waals surface area contributed by atoms with Gasteiger partial charge in [-0.15, -0.1) is 0 Å². The topological polar surface area (TPSA) is 207 Å². The van der Waals surface area contributed by atoms with E-state index in [9.17, 15) is 29.1 Å². The number of aliphatic hydroxyl groups is 1. The number of nitrogens with one attached hydrogen (secondary N) is 2. The first kappa shape index (κ1) is 41.2. The summed E-state index contributed by atoms with van der Waals surface area (Å²) in [5, 5.41) is 16.9. The number of benzene rings is 2. The lowest BCUT2D eigenvalue weighted by molar-refractivity contribution is -0.904. The van der Waals surface area contributed by atoms with Crippen LogP contribution in [0.25, 0.3) is 0 Å². The molecule has 15 heteroatoms. The Balaban J connectivity index is 1.43. The number of nitrogens with two attached hydrogens (primary N) is 2. The Hall–Kier alpha value is -4.57. The van der Waals surface area contributed by atoms with E-state index in [2.05, 4.69) is 20.4 Å². The predicted molar refractivity (Wildman–Crippen MR) is 198 cm³/mol. The van der Waals surface area contributed by atoms with Crippen molar-refractivity contribution in [2.24, 2.45) is 11.5 Å². The minimum atomic E-state index is -1.77. The fourth-order valence-corrected chi connectivity index (χ4v) is 7.31. The average Bonchev–Trinajstić information content (AvgIpc) is 3.60. The van der Waals surface area contributed by atoms with Gasteiger partial charge in [-0.1, -0.05) is 30.3 Å². The number of amides is 5. The number of anilines is 1. The third kappa shape index (κ3) is 10.7. The summed E-state index contributed by atoms with van der Waals surface area (Å²) in [4.78, 5) is 70.2. The molecule has 15 nitrogen and oxygen atoms in total. The van der Waals surface area contributed by atoms with E-state index in [1.165, 1.54) is 0 Å². The van der Waals surface area contributed by atoms with Gasteiger partial charge in [0.15, 0.2) is 18.8 Å². The van der Waals surface area contributed by atoms with E-state index in [-0.39, 0.29) is 17.4 Å². The fourth-order valence-electron chi connectivity index (χ4n) is 7.31. The lowest BCUT2D eigenvalue weighted by Gasteiger charge is -2.47. The molecule has 5 atom stereocenters. The minimum Gasteiger partial charge on any atom is -0.484 e. The third-order valence-electron chi connectivity index (χ3n) is 10.3. The summed E-state index contributed by atoms with van der Waals surface area (Å²) in [6, 6.07) is 12.7. The summed E-state index contributed by atoms with van der Waals surface area (Å²) in [6.07, 6.45) is -1.36. The molecular formula is C38H56N7O8+. The summed E-state index contributed by atoms with van der Waals surface area (Å²) < 4.78 is 10.7. The second-order valence-corrected chi connectivity index (χ2v) is 14.9. The van der Waals surface area contributed by atoms with E-state index in [0.29, 0.717) is 24.2 Å². The first-order valence-corrected chi connectivity index (χ1v) is 18.2. The van der Waals surface area contributed by atoms with Gasteiger partial charge in [0, 0.05) is 51.8 Å². The quantitative estimate of drug-likeness (QED) is 0.138. The first-order chi connectivity index (χ1) is 25.1. The van der Waals surface area contributed by atoms with Gasteiger partial charge >= 0.3 is 5.91 Å². The van der Waals surface area contributed by atoms with Crippen LogP contribution >= 0.6 is 0 Å². The molecule has 5 amide bonds. The summed E-state index contributed by atoms with van der Waals surface area (Å²) in [5.41, 5.74) is 12.1. The highest BCUT2D eigenvalue weighted by Gasteiger charge is 2.60. The normalized spacial score (nSPS) is 20.8. The molecule has 2 aromatic rings. The maximum atomic E-state index is 14.3. The van der Waals surface area contributed by atoms with Crippen LogP contribution < -0.4 is 31.7 Å². The molecule has 7 N–H and O–H groups in total. The van der Waals surface area contributed by atoms with Crippen LogP contribution in [0.2, 0.25) is 0 Å². The second kappa shape index (κ2) is 18.5. The Labute approximate surface area is 311 Å². The van der Waals surface area contributed by atoms with Crippen LogP contribution in [0.15, 0.2) is 54.6 Å². The van der Waals surface area contributed by atoms with E-state index in [1.807, 2.05) is 40.0 Å². The number of hydrogen-bond acceptors (Lipinski definition) is 10. The first-order valence-electron chi connectivity index (χ1n) is 18.2. The van der Waals surface area contributed by atoms with Crippen LogP contribution in [0.3, 0.4) is 0 Å². The number of hydrogen-bond donors (Lipinski definition) is 5. The maximum Gasteiger partial charge on any atom is 0.345 e. The van der Waals surface area contributed by atoms with Gasteiger partial charge in [0.1, 0.15) is 11.8 Å². The lowest BCUT2D eigenvalue weighted by Crippen LogP contribution is -2.72. The van der Waals surface area contributed by atoms with Gasteiger partial charge < -0.3 is 41.6 Å². The fraction of sp³-hybridized carbons (Fsp3) is 0.553. The molecule has 0 aliphatic carbocycles. The summed E-state index contributed by atoms with van der Waals surface area (Å²) in [5.74, 6) is -3.24. The molecule has 2 aliphatic rings. The lowest BCUT2D eigenvalue weighted by atomic mass is 9.93. The van der Waals surface area contributed by atoms with Crippen molar-refractivity contribution in [2.45, 2.75) is 76.2 Å². The number of morpholine rings is 1. The number of carbonyl (C=O) groups is 5. The van der Waals surface area contributed by atoms with Crippen molar-refractivity contribution in [3.05, 3.63) is 60.2 Å². The Morgan fingerprint density at radius 2 is 1.68 bits per heavy atom. The Kier molecular flexibility index (Phi) is 14.3. The summed E-state index contributed by atoms with van der Waals surface area (Å²) in [6.45, 7) is 10.3. The number of quaternary nitrogens is 1. The van der Waals surface area contributed by atoms with Gasteiger partial charge in [-0.05, 0) is 57.0 Å². The molecule has 0 aromatic heterocycles. The van der Waals surface area contributed by atoms with Crippen LogP contribution in [0.1, 0.15) is 45.6 Å². The molecule has 0 spiro atoms. The standard InChI is InChI=1S/C38H55N7O8/c1-38(2,3)45(20-8-11-31(45)35(40)49)37(51)34(48)29(23-26-9-6-5-7-10-26)42-36(50)30(24-32(39)46)41-33(47)25-53-28-14-12-27(13-15-28)43(4)16-17-44-18-21-52-22-19-44/h5-7,9-10,12-15,29-31,34,48H,8,11,16-25H2,1-4H3,(H5-,39,40,41,42,46,47,49,50)/p+1/t29-,30-,31-,34-,45?/m0/s1. The van der Waals surface area contributed by atoms with Gasteiger partial charge in [-0.25, -0.2) is 9.28 Å². The zero-order valence-electron chi connectivity index (χ0n) is 31.3. The van der Waals surface area contributed by atoms with Crippen molar-refractivity contribution in [1.82, 2.24) is 15.5 Å².